The van der Waals surface area contributed by atoms with Crippen LogP contribution in [0.15, 0.2) is 0 Å². The first-order chi connectivity index (χ1) is 2.41. The molecular weight excluding hydrogens is 68.0 g/mol. The summed E-state index contributed by atoms with van der Waals surface area (Å²) in [6.07, 6.45) is 0. The highest BCUT2D eigenvalue weighted by Crippen LogP contribution is 1.17. The summed E-state index contributed by atoms with van der Waals surface area (Å²) in [6.45, 7) is 3.25. The van der Waals surface area contributed by atoms with Crippen molar-refractivity contribution in [3.05, 3.63) is 0 Å². The van der Waals surface area contributed by atoms with E-state index in [0.29, 0.717) is 0 Å². The molecule has 0 spiro atoms. The molecule has 2 N–H and O–H groups in total. The van der Waals surface area contributed by atoms with E-state index in [2.05, 4.69) is 0 Å². The van der Waals surface area contributed by atoms with E-state index in [-0.39, 0.29) is 0 Å². The van der Waals surface area contributed by atoms with Crippen LogP contribution < -0.4 is 0 Å². The summed E-state index contributed by atoms with van der Waals surface area (Å²) in [5, 5.41) is 14.2. The quantitative estimate of drug-likeness (QED) is 0.399. The topological polar surface area (TPSA) is 40.5 Å². The van der Waals surface area contributed by atoms with Crippen molar-refractivity contribution in [3.63, 3.8) is 0 Å². The predicted octanol–water partition coefficient (Wildman–Crippen LogP) is -0.0453. The molecule has 0 unspecified atom stereocenters. The predicted molar refractivity (Wildman–Crippen MR) is 20.7 cm³/mol. The zero-order chi connectivity index (χ0) is 4.71. The number of aliphatic hydroxyl groups excluding tert-OH is 1. The molecule has 0 heterocycles. The first kappa shape index (κ1) is 8.87. The van der Waals surface area contributed by atoms with Crippen LogP contribution in [0, 0.1) is 0 Å². The van der Waals surface area contributed by atoms with Gasteiger partial charge in [-0.15, -0.1) is 0 Å². The standard InChI is InChI=1S/C2H6.CH4O2/c1-2;2-1-3/h1-2H3;2-3H,1H2. The summed E-state index contributed by atoms with van der Waals surface area (Å²) in [5.41, 5.74) is 0. The Morgan fingerprint density at radius 2 is 1.20 bits per heavy atom. The Hall–Kier alpha value is -0.0800. The average Bonchev–Trinajstić information content (AvgIpc) is 1.46. The Morgan fingerprint density at radius 1 is 1.20 bits per heavy atom. The minimum Gasteiger partial charge on any atom is -0.371 e. The van der Waals surface area contributed by atoms with Crippen molar-refractivity contribution in [2.45, 2.75) is 13.8 Å². The van der Waals surface area contributed by atoms with Gasteiger partial charge in [0.25, 0.3) is 0 Å². The lowest BCUT2D eigenvalue weighted by atomic mass is 11.0. The molecule has 0 aliphatic carbocycles. The third-order valence-corrected chi connectivity index (χ3v) is 0. The van der Waals surface area contributed by atoms with Crippen LogP contribution >= 0.6 is 0 Å². The van der Waals surface area contributed by atoms with Gasteiger partial charge in [0.2, 0.25) is 0 Å². The van der Waals surface area contributed by atoms with Gasteiger partial charge in [-0.25, -0.2) is 0 Å². The summed E-state index contributed by atoms with van der Waals surface area (Å²) in [7, 11) is 0. The van der Waals surface area contributed by atoms with Gasteiger partial charge in [0.1, 0.15) is 6.79 Å². The second-order valence-corrected chi connectivity index (χ2v) is 0.141. The highest BCUT2D eigenvalue weighted by Gasteiger charge is 1.32. The fraction of sp³-hybridized carbons (Fsp3) is 1.00. The van der Waals surface area contributed by atoms with Gasteiger partial charge in [0.05, 0.1) is 0 Å². The first-order valence-corrected chi connectivity index (χ1v) is 1.63. The van der Waals surface area contributed by atoms with E-state index in [0.717, 1.165) is 0 Å². The Bertz CT molecular complexity index is 4.85. The lowest BCUT2D eigenvalue weighted by molar-refractivity contribution is 0.0773. The minimum atomic E-state index is -0.750. The van der Waals surface area contributed by atoms with E-state index in [1.807, 2.05) is 13.8 Å². The fourth-order valence-corrected chi connectivity index (χ4v) is 0. The third kappa shape index (κ3) is 2260. The van der Waals surface area contributed by atoms with Gasteiger partial charge >= 0.3 is 0 Å². The van der Waals surface area contributed by atoms with Crippen molar-refractivity contribution in [2.75, 3.05) is 6.79 Å². The van der Waals surface area contributed by atoms with Crippen molar-refractivity contribution < 1.29 is 10.2 Å². The Labute approximate surface area is 32.1 Å². The molecule has 2 nitrogen and oxygen atoms in total. The normalized spacial score (nSPS) is 4.80. The first-order valence-electron chi connectivity index (χ1n) is 1.63. The SMILES string of the molecule is CC.OCO. The smallest absolute Gasteiger partial charge is 0.140 e. The van der Waals surface area contributed by atoms with E-state index in [1.165, 1.54) is 0 Å². The summed E-state index contributed by atoms with van der Waals surface area (Å²) < 4.78 is 0. The van der Waals surface area contributed by atoms with Gasteiger partial charge in [-0.3, -0.25) is 0 Å². The van der Waals surface area contributed by atoms with Crippen LogP contribution in [0.3, 0.4) is 0 Å². The summed E-state index contributed by atoms with van der Waals surface area (Å²) in [6, 6.07) is 0. The van der Waals surface area contributed by atoms with Crippen molar-refractivity contribution in [1.29, 1.82) is 0 Å². The minimum absolute atomic E-state index is 0.750. The Kier molecular flexibility index (Phi) is 70.0. The third-order valence-electron chi connectivity index (χ3n) is 0. The van der Waals surface area contributed by atoms with E-state index in [4.69, 9.17) is 10.2 Å². The average molecular weight is 78.1 g/mol. The van der Waals surface area contributed by atoms with Crippen LogP contribution in [0.4, 0.5) is 0 Å². The number of rotatable bonds is 0. The Morgan fingerprint density at radius 3 is 1.20 bits per heavy atom. The molecule has 0 radical (unpaired) electrons. The molecule has 0 aliphatic rings. The molecule has 0 rings (SSSR count). The second-order valence-electron chi connectivity index (χ2n) is 0.141. The molecule has 0 aromatic rings. The molecule has 0 bridgehead atoms. The highest BCUT2D eigenvalue weighted by molar-refractivity contribution is 3.50. The zero-order valence-electron chi connectivity index (χ0n) is 3.60. The molecule has 5 heavy (non-hydrogen) atoms. The lowest BCUT2D eigenvalue weighted by Crippen LogP contribution is -1.66. The van der Waals surface area contributed by atoms with Crippen molar-refractivity contribution >= 4 is 0 Å². The summed E-state index contributed by atoms with van der Waals surface area (Å²) in [5.74, 6) is 0. The summed E-state index contributed by atoms with van der Waals surface area (Å²) in [4.78, 5) is 0. The Balaban J connectivity index is 0. The van der Waals surface area contributed by atoms with Gasteiger partial charge in [0, 0.05) is 0 Å². The maximum Gasteiger partial charge on any atom is 0.140 e. The van der Waals surface area contributed by atoms with E-state index in [9.17, 15) is 0 Å². The largest absolute Gasteiger partial charge is 0.371 e. The van der Waals surface area contributed by atoms with E-state index in [1.54, 1.807) is 0 Å². The van der Waals surface area contributed by atoms with Crippen LogP contribution in [-0.4, -0.2) is 17.0 Å². The molecule has 0 amide bonds. The number of hydrogen-bond acceptors (Lipinski definition) is 2. The number of hydrogen-bond donors (Lipinski definition) is 2. The fourth-order valence-electron chi connectivity index (χ4n) is 0. The molecule has 0 aromatic carbocycles. The summed E-state index contributed by atoms with van der Waals surface area (Å²) >= 11 is 0. The molecule has 0 saturated carbocycles. The molecule has 0 atom stereocenters. The maximum absolute atomic E-state index is 7.12. The van der Waals surface area contributed by atoms with Crippen LogP contribution in [0.2, 0.25) is 0 Å². The molecular formula is C3H10O2. The molecule has 0 fully saturated rings. The van der Waals surface area contributed by atoms with Crippen molar-refractivity contribution in [3.8, 4) is 0 Å². The van der Waals surface area contributed by atoms with E-state index < -0.39 is 6.79 Å². The van der Waals surface area contributed by atoms with E-state index >= 15 is 0 Å². The lowest BCUT2D eigenvalue weighted by Gasteiger charge is -1.55. The van der Waals surface area contributed by atoms with Crippen LogP contribution in [0.1, 0.15) is 13.8 Å². The molecule has 34 valence electrons. The number of aliphatic hydroxyl groups is 2. The molecule has 2 heteroatoms. The maximum atomic E-state index is 7.12. The molecule has 0 saturated heterocycles. The van der Waals surface area contributed by atoms with Crippen molar-refractivity contribution in [1.82, 2.24) is 0 Å². The zero-order valence-corrected chi connectivity index (χ0v) is 3.60. The van der Waals surface area contributed by atoms with Gasteiger partial charge in [-0.1, -0.05) is 13.8 Å². The van der Waals surface area contributed by atoms with Gasteiger partial charge in [-0.05, 0) is 0 Å². The highest BCUT2D eigenvalue weighted by atomic mass is 16.5. The van der Waals surface area contributed by atoms with Crippen LogP contribution in [0.5, 0.6) is 0 Å². The van der Waals surface area contributed by atoms with Gasteiger partial charge < -0.3 is 10.2 Å². The molecule has 0 aliphatic heterocycles. The van der Waals surface area contributed by atoms with Crippen LogP contribution in [0.25, 0.3) is 0 Å². The van der Waals surface area contributed by atoms with Gasteiger partial charge in [0.15, 0.2) is 0 Å². The second kappa shape index (κ2) is 39.5. The van der Waals surface area contributed by atoms with Gasteiger partial charge in [-0.2, -0.15) is 0 Å². The monoisotopic (exact) mass is 78.1 g/mol. The molecule has 0 aromatic heterocycles. The van der Waals surface area contributed by atoms with Crippen molar-refractivity contribution in [2.24, 2.45) is 0 Å². The van der Waals surface area contributed by atoms with Crippen LogP contribution in [-0.2, 0) is 0 Å².